The smallest absolute Gasteiger partial charge is 0.415 e. The number of hydrogen-bond donors (Lipinski definition) is 0. The monoisotopic (exact) mass is 387 g/mol. The fourth-order valence-electron chi connectivity index (χ4n) is 3.64. The Kier molecular flexibility index (Phi) is 4.33. The lowest BCUT2D eigenvalue weighted by Gasteiger charge is -2.28. The number of rotatable bonds is 6. The summed E-state index contributed by atoms with van der Waals surface area (Å²) in [5, 5.41) is 10.8. The van der Waals surface area contributed by atoms with Crippen molar-refractivity contribution in [3.8, 4) is 11.8 Å². The lowest BCUT2D eigenvalue weighted by atomic mass is 10.1. The second-order valence-corrected chi connectivity index (χ2v) is 7.29. The van der Waals surface area contributed by atoms with Gasteiger partial charge in [-0.25, -0.2) is 4.79 Å². The molecule has 0 radical (unpaired) electrons. The molecule has 0 aliphatic carbocycles. The van der Waals surface area contributed by atoms with Crippen LogP contribution in [0.25, 0.3) is 0 Å². The maximum atomic E-state index is 12.8. The first kappa shape index (κ1) is 18.1. The van der Waals surface area contributed by atoms with Crippen LogP contribution >= 0.6 is 0 Å². The van der Waals surface area contributed by atoms with Gasteiger partial charge < -0.3 is 29.4 Å². The SMILES string of the molecule is COc1ccc(CN2CCN(CC3(C)Cn4cc([N+](=O)[O-])nc4O3)C2=O)cc1. The van der Waals surface area contributed by atoms with Crippen LogP contribution in [0.2, 0.25) is 0 Å². The molecular formula is C18H21N5O5. The van der Waals surface area contributed by atoms with Crippen molar-refractivity contribution in [1.82, 2.24) is 19.4 Å². The van der Waals surface area contributed by atoms with Crippen LogP contribution in [0.4, 0.5) is 10.6 Å². The Morgan fingerprint density at radius 1 is 1.29 bits per heavy atom. The molecule has 2 aliphatic heterocycles. The molecule has 0 spiro atoms. The van der Waals surface area contributed by atoms with Gasteiger partial charge in [0, 0.05) is 24.6 Å². The zero-order valence-electron chi connectivity index (χ0n) is 15.7. The molecule has 2 aliphatic rings. The molecule has 1 atom stereocenters. The summed E-state index contributed by atoms with van der Waals surface area (Å²) in [6.07, 6.45) is 1.36. The summed E-state index contributed by atoms with van der Waals surface area (Å²) in [7, 11) is 1.62. The molecule has 10 nitrogen and oxygen atoms in total. The minimum Gasteiger partial charge on any atom is -0.497 e. The first-order chi connectivity index (χ1) is 13.4. The number of nitrogens with zero attached hydrogens (tertiary/aromatic N) is 5. The third-order valence-corrected chi connectivity index (χ3v) is 5.00. The van der Waals surface area contributed by atoms with Gasteiger partial charge in [0.25, 0.3) is 0 Å². The van der Waals surface area contributed by atoms with Crippen molar-refractivity contribution in [3.05, 3.63) is 46.1 Å². The number of benzene rings is 1. The number of fused-ring (bicyclic) bond motifs is 1. The van der Waals surface area contributed by atoms with E-state index in [0.717, 1.165) is 11.3 Å². The van der Waals surface area contributed by atoms with Crippen LogP contribution in [0.5, 0.6) is 11.8 Å². The summed E-state index contributed by atoms with van der Waals surface area (Å²) in [6, 6.07) is 7.82. The maximum Gasteiger partial charge on any atom is 0.415 e. The molecule has 0 saturated carbocycles. The quantitative estimate of drug-likeness (QED) is 0.554. The summed E-state index contributed by atoms with van der Waals surface area (Å²) >= 11 is 0. The van der Waals surface area contributed by atoms with E-state index in [9.17, 15) is 14.9 Å². The molecule has 1 unspecified atom stereocenters. The molecule has 2 aromatic rings. The Labute approximate surface area is 161 Å². The van der Waals surface area contributed by atoms with E-state index < -0.39 is 10.5 Å². The number of nitro groups is 1. The van der Waals surface area contributed by atoms with Gasteiger partial charge in [-0.1, -0.05) is 12.1 Å². The summed E-state index contributed by atoms with van der Waals surface area (Å²) in [5.74, 6) is 0.544. The molecule has 1 fully saturated rings. The number of urea groups is 1. The number of ether oxygens (including phenoxy) is 2. The fraction of sp³-hybridized carbons (Fsp3) is 0.444. The second kappa shape index (κ2) is 6.70. The average Bonchev–Trinajstić information content (AvgIpc) is 3.29. The van der Waals surface area contributed by atoms with Gasteiger partial charge in [0.2, 0.25) is 0 Å². The topological polar surface area (TPSA) is 103 Å². The Bertz CT molecular complexity index is 886. The zero-order valence-corrected chi connectivity index (χ0v) is 15.7. The molecule has 2 amide bonds. The maximum absolute atomic E-state index is 12.8. The molecule has 148 valence electrons. The highest BCUT2D eigenvalue weighted by molar-refractivity contribution is 5.76. The van der Waals surface area contributed by atoms with Crippen molar-refractivity contribution >= 4 is 11.8 Å². The standard InChI is InChI=1S/C18H21N5O5/c1-18(12-22-10-15(23(25)26)19-16(22)28-18)11-21-8-7-20(17(21)24)9-13-3-5-14(27-2)6-4-13/h3-6,10H,7-9,11-12H2,1-2H3. The average molecular weight is 387 g/mol. The van der Waals surface area contributed by atoms with Gasteiger partial charge >= 0.3 is 17.9 Å². The third-order valence-electron chi connectivity index (χ3n) is 5.00. The van der Waals surface area contributed by atoms with E-state index in [2.05, 4.69) is 4.98 Å². The first-order valence-electron chi connectivity index (χ1n) is 8.94. The number of methoxy groups -OCH3 is 1. The van der Waals surface area contributed by atoms with E-state index in [4.69, 9.17) is 9.47 Å². The normalized spacial score (nSPS) is 21.0. The summed E-state index contributed by atoms with van der Waals surface area (Å²) in [6.45, 7) is 4.46. The zero-order chi connectivity index (χ0) is 19.9. The van der Waals surface area contributed by atoms with E-state index in [0.29, 0.717) is 32.7 Å². The minimum atomic E-state index is -0.663. The Hall–Kier alpha value is -3.30. The molecule has 3 heterocycles. The number of imidazole rings is 1. The number of amides is 2. The van der Waals surface area contributed by atoms with Gasteiger partial charge in [0.1, 0.15) is 17.5 Å². The van der Waals surface area contributed by atoms with Crippen molar-refractivity contribution in [3.63, 3.8) is 0 Å². The van der Waals surface area contributed by atoms with Crippen LogP contribution in [-0.4, -0.2) is 62.7 Å². The van der Waals surface area contributed by atoms with Crippen molar-refractivity contribution in [2.45, 2.75) is 25.6 Å². The van der Waals surface area contributed by atoms with Crippen LogP contribution in [0.1, 0.15) is 12.5 Å². The molecule has 0 N–H and O–H groups in total. The third kappa shape index (κ3) is 3.32. The van der Waals surface area contributed by atoms with Crippen LogP contribution in [0, 0.1) is 10.1 Å². The summed E-state index contributed by atoms with van der Waals surface area (Å²) in [5.41, 5.74) is 0.371. The van der Waals surface area contributed by atoms with Crippen molar-refractivity contribution in [2.75, 3.05) is 26.7 Å². The predicted molar refractivity (Wildman–Crippen MR) is 98.3 cm³/mol. The van der Waals surface area contributed by atoms with Crippen molar-refractivity contribution in [1.29, 1.82) is 0 Å². The number of carbonyl (C=O) groups is 1. The Balaban J connectivity index is 1.37. The van der Waals surface area contributed by atoms with E-state index >= 15 is 0 Å². The van der Waals surface area contributed by atoms with Gasteiger partial charge in [0.15, 0.2) is 0 Å². The largest absolute Gasteiger partial charge is 0.497 e. The number of aromatic nitrogens is 2. The van der Waals surface area contributed by atoms with Crippen molar-refractivity contribution in [2.24, 2.45) is 0 Å². The van der Waals surface area contributed by atoms with Gasteiger partial charge in [-0.3, -0.25) is 4.57 Å². The lowest BCUT2D eigenvalue weighted by Crippen LogP contribution is -2.46. The summed E-state index contributed by atoms with van der Waals surface area (Å²) < 4.78 is 12.6. The molecule has 1 aromatic heterocycles. The molecule has 0 bridgehead atoms. The number of carbonyl (C=O) groups excluding carboxylic acids is 1. The van der Waals surface area contributed by atoms with E-state index in [1.54, 1.807) is 21.5 Å². The van der Waals surface area contributed by atoms with Gasteiger partial charge in [0.05, 0.1) is 20.2 Å². The molecule has 4 rings (SSSR count). The van der Waals surface area contributed by atoms with Crippen LogP contribution in [-0.2, 0) is 13.1 Å². The van der Waals surface area contributed by atoms with Gasteiger partial charge in [-0.05, 0) is 29.5 Å². The highest BCUT2D eigenvalue weighted by atomic mass is 16.6. The molecular weight excluding hydrogens is 366 g/mol. The number of hydrogen-bond acceptors (Lipinski definition) is 6. The first-order valence-corrected chi connectivity index (χ1v) is 8.94. The Morgan fingerprint density at radius 2 is 2.00 bits per heavy atom. The van der Waals surface area contributed by atoms with Crippen molar-refractivity contribution < 1.29 is 19.2 Å². The molecule has 10 heteroatoms. The Morgan fingerprint density at radius 3 is 2.64 bits per heavy atom. The highest BCUT2D eigenvalue weighted by Gasteiger charge is 2.44. The van der Waals surface area contributed by atoms with Crippen LogP contribution in [0.15, 0.2) is 30.5 Å². The minimum absolute atomic E-state index is 0.0452. The van der Waals surface area contributed by atoms with E-state index in [1.807, 2.05) is 31.2 Å². The van der Waals surface area contributed by atoms with Crippen LogP contribution < -0.4 is 9.47 Å². The van der Waals surface area contributed by atoms with E-state index in [-0.39, 0.29) is 17.9 Å². The second-order valence-electron chi connectivity index (χ2n) is 7.29. The fourth-order valence-corrected chi connectivity index (χ4v) is 3.64. The highest BCUT2D eigenvalue weighted by Crippen LogP contribution is 2.32. The molecule has 1 saturated heterocycles. The molecule has 1 aromatic carbocycles. The van der Waals surface area contributed by atoms with Crippen LogP contribution in [0.3, 0.4) is 0 Å². The van der Waals surface area contributed by atoms with Gasteiger partial charge in [-0.15, -0.1) is 0 Å². The van der Waals surface area contributed by atoms with E-state index in [1.165, 1.54) is 6.20 Å². The van der Waals surface area contributed by atoms with Gasteiger partial charge in [-0.2, -0.15) is 0 Å². The predicted octanol–water partition coefficient (Wildman–Crippen LogP) is 1.89. The summed E-state index contributed by atoms with van der Waals surface area (Å²) in [4.78, 5) is 30.5. The lowest BCUT2D eigenvalue weighted by molar-refractivity contribution is -0.389. The molecule has 28 heavy (non-hydrogen) atoms.